The Kier molecular flexibility index (Phi) is 4.46. The maximum atomic E-state index is 13.0. The van der Waals surface area contributed by atoms with E-state index in [-0.39, 0.29) is 5.91 Å². The second-order valence-corrected chi connectivity index (χ2v) is 7.63. The first-order chi connectivity index (χ1) is 14.3. The third kappa shape index (κ3) is 3.46. The van der Waals surface area contributed by atoms with E-state index in [0.717, 1.165) is 31.7 Å². The molecule has 3 heterocycles. The van der Waals surface area contributed by atoms with Crippen LogP contribution in [0, 0.1) is 0 Å². The number of rotatable bonds is 4. The van der Waals surface area contributed by atoms with Crippen LogP contribution in [0.3, 0.4) is 0 Å². The topological polar surface area (TPSA) is 67.8 Å². The molecular weight excluding hydrogens is 380 g/mol. The van der Waals surface area contributed by atoms with E-state index in [9.17, 15) is 4.79 Å². The van der Waals surface area contributed by atoms with Gasteiger partial charge in [0.15, 0.2) is 0 Å². The Labute approximate surface area is 171 Å². The molecule has 29 heavy (non-hydrogen) atoms. The Morgan fingerprint density at radius 3 is 2.48 bits per heavy atom. The van der Waals surface area contributed by atoms with Crippen molar-refractivity contribution < 1.29 is 4.79 Å². The van der Waals surface area contributed by atoms with E-state index in [1.54, 1.807) is 23.7 Å². The lowest BCUT2D eigenvalue weighted by molar-refractivity contribution is 0.0952. The molecule has 0 saturated carbocycles. The number of thiazole rings is 1. The molecule has 0 aliphatic rings. The summed E-state index contributed by atoms with van der Waals surface area (Å²) in [7, 11) is 0. The minimum atomic E-state index is -0.136. The van der Waals surface area contributed by atoms with Crippen LogP contribution >= 0.6 is 11.3 Å². The third-order valence-corrected chi connectivity index (χ3v) is 5.74. The van der Waals surface area contributed by atoms with Crippen molar-refractivity contribution in [3.8, 4) is 10.7 Å². The van der Waals surface area contributed by atoms with E-state index >= 15 is 0 Å². The van der Waals surface area contributed by atoms with E-state index in [4.69, 9.17) is 9.97 Å². The van der Waals surface area contributed by atoms with Crippen LogP contribution in [0.2, 0.25) is 0 Å². The molecule has 0 aliphatic carbocycles. The van der Waals surface area contributed by atoms with Crippen LogP contribution in [-0.4, -0.2) is 20.9 Å². The van der Waals surface area contributed by atoms with Crippen LogP contribution < -0.4 is 5.32 Å². The van der Waals surface area contributed by atoms with Crippen LogP contribution in [-0.2, 0) is 6.54 Å². The fourth-order valence-electron chi connectivity index (χ4n) is 3.23. The number of nitrogens with one attached hydrogen (secondary N) is 1. The molecule has 140 valence electrons. The summed E-state index contributed by atoms with van der Waals surface area (Å²) in [5.41, 5.74) is 4.01. The van der Waals surface area contributed by atoms with Gasteiger partial charge in [-0.3, -0.25) is 9.78 Å². The van der Waals surface area contributed by atoms with Crippen molar-refractivity contribution in [1.29, 1.82) is 0 Å². The van der Waals surface area contributed by atoms with Gasteiger partial charge < -0.3 is 5.32 Å². The minimum Gasteiger partial charge on any atom is -0.348 e. The minimum absolute atomic E-state index is 0.136. The molecule has 0 atom stereocenters. The fraction of sp³-hybridized carbons (Fsp3) is 0.0435. The molecule has 5 rings (SSSR count). The largest absolute Gasteiger partial charge is 0.348 e. The predicted octanol–water partition coefficient (Wildman–Crippen LogP) is 4.84. The van der Waals surface area contributed by atoms with Gasteiger partial charge in [-0.2, -0.15) is 0 Å². The van der Waals surface area contributed by atoms with E-state index in [2.05, 4.69) is 10.3 Å². The summed E-state index contributed by atoms with van der Waals surface area (Å²) in [6, 6.07) is 21.3. The highest BCUT2D eigenvalue weighted by Gasteiger charge is 2.16. The average Bonchev–Trinajstić information content (AvgIpc) is 3.22. The lowest BCUT2D eigenvalue weighted by atomic mass is 10.1. The highest BCUT2D eigenvalue weighted by Crippen LogP contribution is 2.31. The van der Waals surface area contributed by atoms with Gasteiger partial charge in [0.05, 0.1) is 21.3 Å². The standard InChI is InChI=1S/C23H16N4OS/c28-22(25-14-15-9-11-24-12-10-15)17-13-20(26-18-6-2-1-5-16(17)18)23-27-19-7-3-4-8-21(19)29-23/h1-13H,14H2,(H,25,28). The highest BCUT2D eigenvalue weighted by atomic mass is 32.1. The zero-order chi connectivity index (χ0) is 19.6. The number of benzene rings is 2. The summed E-state index contributed by atoms with van der Waals surface area (Å²) in [4.78, 5) is 26.5. The molecule has 5 aromatic rings. The van der Waals surface area contributed by atoms with Crippen LogP contribution in [0.25, 0.3) is 31.8 Å². The Balaban J connectivity index is 1.56. The van der Waals surface area contributed by atoms with Gasteiger partial charge in [0.25, 0.3) is 5.91 Å². The number of aromatic nitrogens is 3. The molecule has 0 fully saturated rings. The first-order valence-electron chi connectivity index (χ1n) is 9.21. The Morgan fingerprint density at radius 2 is 1.66 bits per heavy atom. The molecule has 6 heteroatoms. The van der Waals surface area contributed by atoms with Crippen molar-refractivity contribution in [3.63, 3.8) is 0 Å². The van der Waals surface area contributed by atoms with Crippen LogP contribution in [0.1, 0.15) is 15.9 Å². The summed E-state index contributed by atoms with van der Waals surface area (Å²) in [6.07, 6.45) is 3.43. The van der Waals surface area contributed by atoms with E-state index in [0.29, 0.717) is 17.8 Å². The molecule has 0 bridgehead atoms. The molecule has 0 unspecified atom stereocenters. The van der Waals surface area contributed by atoms with Gasteiger partial charge in [-0.1, -0.05) is 30.3 Å². The average molecular weight is 396 g/mol. The Bertz CT molecular complexity index is 1300. The quantitative estimate of drug-likeness (QED) is 0.472. The van der Waals surface area contributed by atoms with E-state index < -0.39 is 0 Å². The zero-order valence-electron chi connectivity index (χ0n) is 15.4. The van der Waals surface area contributed by atoms with Gasteiger partial charge in [-0.25, -0.2) is 9.97 Å². The predicted molar refractivity (Wildman–Crippen MR) is 116 cm³/mol. The molecule has 1 N–H and O–H groups in total. The molecule has 5 nitrogen and oxygen atoms in total. The fourth-order valence-corrected chi connectivity index (χ4v) is 4.16. The van der Waals surface area contributed by atoms with E-state index in [1.165, 1.54) is 0 Å². The lowest BCUT2D eigenvalue weighted by Gasteiger charge is -2.09. The molecule has 2 aromatic carbocycles. The summed E-state index contributed by atoms with van der Waals surface area (Å²) < 4.78 is 1.10. The summed E-state index contributed by atoms with van der Waals surface area (Å²) in [5, 5.41) is 4.63. The number of carbonyl (C=O) groups excluding carboxylic acids is 1. The second kappa shape index (κ2) is 7.41. The molecule has 0 spiro atoms. The van der Waals surface area contributed by atoms with Gasteiger partial charge in [0.2, 0.25) is 0 Å². The monoisotopic (exact) mass is 396 g/mol. The number of fused-ring (bicyclic) bond motifs is 2. The van der Waals surface area contributed by atoms with Crippen molar-refractivity contribution in [1.82, 2.24) is 20.3 Å². The number of para-hydroxylation sites is 2. The SMILES string of the molecule is O=C(NCc1ccncc1)c1cc(-c2nc3ccccc3s2)nc2ccccc12. The Morgan fingerprint density at radius 1 is 0.897 bits per heavy atom. The number of nitrogens with zero attached hydrogens (tertiary/aromatic N) is 3. The summed E-state index contributed by atoms with van der Waals surface area (Å²) in [6.45, 7) is 0.439. The second-order valence-electron chi connectivity index (χ2n) is 6.60. The van der Waals surface area contributed by atoms with Gasteiger partial charge >= 0.3 is 0 Å². The normalized spacial score (nSPS) is 11.0. The molecule has 0 radical (unpaired) electrons. The van der Waals surface area contributed by atoms with Gasteiger partial charge in [-0.05, 0) is 42.0 Å². The third-order valence-electron chi connectivity index (χ3n) is 4.68. The first-order valence-corrected chi connectivity index (χ1v) is 10.0. The van der Waals surface area contributed by atoms with Crippen LogP contribution in [0.4, 0.5) is 0 Å². The molecule has 0 saturated heterocycles. The van der Waals surface area contributed by atoms with Crippen molar-refractivity contribution in [2.45, 2.75) is 6.54 Å². The Hall–Kier alpha value is -3.64. The number of pyridine rings is 2. The van der Waals surface area contributed by atoms with Gasteiger partial charge in [0, 0.05) is 24.3 Å². The van der Waals surface area contributed by atoms with Crippen molar-refractivity contribution >= 4 is 38.4 Å². The summed E-state index contributed by atoms with van der Waals surface area (Å²) in [5.74, 6) is -0.136. The van der Waals surface area contributed by atoms with E-state index in [1.807, 2.05) is 66.7 Å². The molecular formula is C23H16N4OS. The first kappa shape index (κ1) is 17.5. The number of hydrogen-bond acceptors (Lipinski definition) is 5. The van der Waals surface area contributed by atoms with Gasteiger partial charge in [-0.15, -0.1) is 11.3 Å². The smallest absolute Gasteiger partial charge is 0.252 e. The van der Waals surface area contributed by atoms with Crippen molar-refractivity contribution in [2.75, 3.05) is 0 Å². The molecule has 1 amide bonds. The van der Waals surface area contributed by atoms with Gasteiger partial charge in [0.1, 0.15) is 10.7 Å². The van der Waals surface area contributed by atoms with Crippen molar-refractivity contribution in [3.05, 3.63) is 90.3 Å². The summed E-state index contributed by atoms with van der Waals surface area (Å²) >= 11 is 1.58. The van der Waals surface area contributed by atoms with Crippen LogP contribution in [0.15, 0.2) is 79.1 Å². The van der Waals surface area contributed by atoms with Crippen LogP contribution in [0.5, 0.6) is 0 Å². The lowest BCUT2D eigenvalue weighted by Crippen LogP contribution is -2.23. The maximum Gasteiger partial charge on any atom is 0.252 e. The number of amides is 1. The number of carbonyl (C=O) groups is 1. The number of hydrogen-bond donors (Lipinski definition) is 1. The van der Waals surface area contributed by atoms with Crippen molar-refractivity contribution in [2.24, 2.45) is 0 Å². The zero-order valence-corrected chi connectivity index (χ0v) is 16.2. The molecule has 3 aromatic heterocycles. The highest BCUT2D eigenvalue weighted by molar-refractivity contribution is 7.21. The molecule has 0 aliphatic heterocycles. The maximum absolute atomic E-state index is 13.0.